The van der Waals surface area contributed by atoms with Crippen molar-refractivity contribution in [3.05, 3.63) is 35.9 Å². The smallest absolute Gasteiger partial charge is 0.389 e. The van der Waals surface area contributed by atoms with Crippen LogP contribution in [0.4, 0.5) is 13.2 Å². The highest BCUT2D eigenvalue weighted by Gasteiger charge is 2.56. The number of rotatable bonds is 16. The second-order valence-electron chi connectivity index (χ2n) is 12.4. The van der Waals surface area contributed by atoms with Gasteiger partial charge in [0.1, 0.15) is 5.75 Å². The van der Waals surface area contributed by atoms with Crippen LogP contribution >= 0.6 is 0 Å². The topological polar surface area (TPSA) is 61.8 Å². The van der Waals surface area contributed by atoms with E-state index in [1.807, 2.05) is 6.92 Å². The molecule has 40 heavy (non-hydrogen) atoms. The second-order valence-corrected chi connectivity index (χ2v) is 12.4. The molecule has 0 heterocycles. The van der Waals surface area contributed by atoms with Crippen LogP contribution in [-0.2, 0) is 19.1 Å². The molecule has 1 rings (SSSR count). The van der Waals surface area contributed by atoms with Crippen LogP contribution < -0.4 is 4.74 Å². The van der Waals surface area contributed by atoms with Crippen molar-refractivity contribution < 1.29 is 37.0 Å². The van der Waals surface area contributed by atoms with Gasteiger partial charge in [-0.3, -0.25) is 4.79 Å². The fourth-order valence-electron chi connectivity index (χ4n) is 4.50. The number of carbonyl (C=O) groups is 2. The number of unbranched alkanes of at least 4 members (excludes halogenated alkanes) is 3. The van der Waals surface area contributed by atoms with Crippen LogP contribution in [0.15, 0.2) is 30.3 Å². The molecule has 5 nitrogen and oxygen atoms in total. The van der Waals surface area contributed by atoms with Gasteiger partial charge in [0.15, 0.2) is 0 Å². The standard InChI is InChI=1S/C32H49F3O5/c1-24(2)30(6,7)31(8,29(3,4)5)28(37)40-22-12-10-9-11-21-38-26-17-14-25(15-18-26)16-19-27(36)39-23-13-20-32(33,34)35/h14-19,24H,9-13,20-23H2,1-8H3/b19-16+. The van der Waals surface area contributed by atoms with E-state index in [4.69, 9.17) is 14.2 Å². The minimum Gasteiger partial charge on any atom is -0.494 e. The van der Waals surface area contributed by atoms with Crippen molar-refractivity contribution in [3.8, 4) is 5.75 Å². The normalized spacial score (nSPS) is 14.3. The molecule has 0 aromatic heterocycles. The van der Waals surface area contributed by atoms with Gasteiger partial charge in [-0.2, -0.15) is 13.2 Å². The van der Waals surface area contributed by atoms with Gasteiger partial charge in [-0.25, -0.2) is 4.79 Å². The fraction of sp³-hybridized carbons (Fsp3) is 0.688. The van der Waals surface area contributed by atoms with E-state index in [1.165, 1.54) is 12.2 Å². The second kappa shape index (κ2) is 15.5. The van der Waals surface area contributed by atoms with Crippen molar-refractivity contribution >= 4 is 18.0 Å². The van der Waals surface area contributed by atoms with Crippen LogP contribution in [0.2, 0.25) is 0 Å². The summed E-state index contributed by atoms with van der Waals surface area (Å²) in [5, 5.41) is 0. The summed E-state index contributed by atoms with van der Waals surface area (Å²) >= 11 is 0. The Morgan fingerprint density at radius 1 is 0.800 bits per heavy atom. The summed E-state index contributed by atoms with van der Waals surface area (Å²) in [6.45, 7) is 17.7. The van der Waals surface area contributed by atoms with Crippen LogP contribution in [0.5, 0.6) is 5.75 Å². The molecular weight excluding hydrogens is 521 g/mol. The number of hydrogen-bond acceptors (Lipinski definition) is 5. The molecule has 0 saturated carbocycles. The molecule has 0 N–H and O–H groups in total. The van der Waals surface area contributed by atoms with E-state index in [1.54, 1.807) is 24.3 Å². The lowest BCUT2D eigenvalue weighted by Gasteiger charge is -2.52. The average molecular weight is 571 g/mol. The number of esters is 2. The van der Waals surface area contributed by atoms with E-state index in [2.05, 4.69) is 48.5 Å². The molecule has 1 aromatic rings. The molecule has 0 amide bonds. The Morgan fingerprint density at radius 3 is 1.88 bits per heavy atom. The van der Waals surface area contributed by atoms with E-state index in [0.717, 1.165) is 31.2 Å². The third-order valence-electron chi connectivity index (χ3n) is 8.32. The zero-order chi connectivity index (χ0) is 30.6. The van der Waals surface area contributed by atoms with Gasteiger partial charge in [0.2, 0.25) is 0 Å². The zero-order valence-electron chi connectivity index (χ0n) is 25.6. The lowest BCUT2D eigenvalue weighted by Crippen LogP contribution is -2.54. The molecule has 0 bridgehead atoms. The van der Waals surface area contributed by atoms with Gasteiger partial charge in [-0.1, -0.05) is 60.6 Å². The van der Waals surface area contributed by atoms with Crippen LogP contribution in [0, 0.1) is 22.2 Å². The first-order valence-electron chi connectivity index (χ1n) is 14.2. The Labute approximate surface area is 238 Å². The lowest BCUT2D eigenvalue weighted by molar-refractivity contribution is -0.178. The maximum atomic E-state index is 13.2. The predicted octanol–water partition coefficient (Wildman–Crippen LogP) is 8.80. The molecule has 0 fully saturated rings. The first-order chi connectivity index (χ1) is 18.4. The number of halogens is 3. The van der Waals surface area contributed by atoms with Gasteiger partial charge < -0.3 is 14.2 Å². The van der Waals surface area contributed by atoms with E-state index < -0.39 is 24.0 Å². The van der Waals surface area contributed by atoms with E-state index in [9.17, 15) is 22.8 Å². The van der Waals surface area contributed by atoms with Gasteiger partial charge >= 0.3 is 18.1 Å². The fourth-order valence-corrected chi connectivity index (χ4v) is 4.50. The van der Waals surface area contributed by atoms with E-state index in [-0.39, 0.29) is 29.8 Å². The molecule has 0 aliphatic carbocycles. The van der Waals surface area contributed by atoms with Crippen molar-refractivity contribution in [3.63, 3.8) is 0 Å². The molecule has 0 aliphatic rings. The van der Waals surface area contributed by atoms with Crippen molar-refractivity contribution in [1.29, 1.82) is 0 Å². The monoisotopic (exact) mass is 570 g/mol. The van der Waals surface area contributed by atoms with Crippen LogP contribution in [0.3, 0.4) is 0 Å². The van der Waals surface area contributed by atoms with Gasteiger partial charge in [-0.05, 0) is 79.5 Å². The van der Waals surface area contributed by atoms with Crippen LogP contribution in [-0.4, -0.2) is 37.9 Å². The van der Waals surface area contributed by atoms with Crippen molar-refractivity contribution in [2.75, 3.05) is 19.8 Å². The molecule has 0 radical (unpaired) electrons. The van der Waals surface area contributed by atoms with Gasteiger partial charge in [0.25, 0.3) is 0 Å². The average Bonchev–Trinajstić information content (AvgIpc) is 2.85. The molecule has 0 spiro atoms. The lowest BCUT2D eigenvalue weighted by atomic mass is 9.51. The first kappa shape index (κ1) is 35.5. The SMILES string of the molecule is CC(C)C(C)(C)C(C)(C(=O)OCCCCCCOc1ccc(/C=C/C(=O)OCCCC(F)(F)F)cc1)C(C)(C)C. The molecular formula is C32H49F3O5. The van der Waals surface area contributed by atoms with E-state index in [0.29, 0.717) is 24.9 Å². The summed E-state index contributed by atoms with van der Waals surface area (Å²) in [6.07, 6.45) is 0.819. The van der Waals surface area contributed by atoms with Crippen LogP contribution in [0.25, 0.3) is 6.08 Å². The van der Waals surface area contributed by atoms with Gasteiger partial charge in [0, 0.05) is 12.5 Å². The highest BCUT2D eigenvalue weighted by molar-refractivity contribution is 5.87. The minimum absolute atomic E-state index is 0.127. The predicted molar refractivity (Wildman–Crippen MR) is 153 cm³/mol. The maximum Gasteiger partial charge on any atom is 0.389 e. The Balaban J connectivity index is 2.32. The summed E-state index contributed by atoms with van der Waals surface area (Å²) in [6, 6.07) is 7.14. The molecule has 1 aromatic carbocycles. The molecule has 1 unspecified atom stereocenters. The molecule has 0 aliphatic heterocycles. The number of benzene rings is 1. The van der Waals surface area contributed by atoms with Crippen LogP contribution in [0.1, 0.15) is 99.5 Å². The highest BCUT2D eigenvalue weighted by atomic mass is 19.4. The number of alkyl halides is 3. The number of hydrogen-bond donors (Lipinski definition) is 0. The third-order valence-corrected chi connectivity index (χ3v) is 8.32. The Hall–Kier alpha value is -2.51. The molecule has 1 atom stereocenters. The molecule has 0 saturated heterocycles. The minimum atomic E-state index is -4.25. The van der Waals surface area contributed by atoms with Crippen molar-refractivity contribution in [2.24, 2.45) is 22.2 Å². The summed E-state index contributed by atoms with van der Waals surface area (Å²) in [5.41, 5.74) is -0.329. The van der Waals surface area contributed by atoms with Crippen molar-refractivity contribution in [2.45, 2.75) is 100 Å². The Morgan fingerprint density at radius 2 is 1.35 bits per heavy atom. The number of ether oxygens (including phenoxy) is 3. The highest BCUT2D eigenvalue weighted by Crippen LogP contribution is 2.55. The zero-order valence-corrected chi connectivity index (χ0v) is 25.6. The summed E-state index contributed by atoms with van der Waals surface area (Å²) < 4.78 is 52.6. The van der Waals surface area contributed by atoms with Gasteiger partial charge in [-0.15, -0.1) is 0 Å². The number of carbonyl (C=O) groups excluding carboxylic acids is 2. The quantitative estimate of drug-likeness (QED) is 0.113. The Kier molecular flexibility index (Phi) is 13.7. The molecule has 8 heteroatoms. The summed E-state index contributed by atoms with van der Waals surface area (Å²) in [7, 11) is 0. The third kappa shape index (κ3) is 11.2. The summed E-state index contributed by atoms with van der Waals surface area (Å²) in [4.78, 5) is 24.9. The van der Waals surface area contributed by atoms with Crippen molar-refractivity contribution in [1.82, 2.24) is 0 Å². The molecule has 228 valence electrons. The van der Waals surface area contributed by atoms with Gasteiger partial charge in [0.05, 0.1) is 25.2 Å². The maximum absolute atomic E-state index is 13.2. The summed E-state index contributed by atoms with van der Waals surface area (Å²) in [5.74, 6) is 0.223. The Bertz CT molecular complexity index is 943. The first-order valence-corrected chi connectivity index (χ1v) is 14.2. The largest absolute Gasteiger partial charge is 0.494 e. The van der Waals surface area contributed by atoms with E-state index >= 15 is 0 Å².